The van der Waals surface area contributed by atoms with Crippen LogP contribution in [0.15, 0.2) is 30.3 Å². The molecular formula is C11H16N2O. The van der Waals surface area contributed by atoms with Crippen LogP contribution in [0.2, 0.25) is 0 Å². The normalized spacial score (nSPS) is 21.9. The molecule has 0 spiro atoms. The Hall–Kier alpha value is -1.06. The van der Waals surface area contributed by atoms with Crippen molar-refractivity contribution < 1.29 is 4.74 Å². The van der Waals surface area contributed by atoms with Crippen LogP contribution in [0.25, 0.3) is 0 Å². The minimum atomic E-state index is 0.434. The lowest BCUT2D eigenvalue weighted by Crippen LogP contribution is -2.50. The highest BCUT2D eigenvalue weighted by Crippen LogP contribution is 2.08. The first-order chi connectivity index (χ1) is 6.95. The summed E-state index contributed by atoms with van der Waals surface area (Å²) < 4.78 is 5.64. The zero-order valence-corrected chi connectivity index (χ0v) is 8.20. The highest BCUT2D eigenvalue weighted by atomic mass is 16.5. The highest BCUT2D eigenvalue weighted by Gasteiger charge is 2.11. The Morgan fingerprint density at radius 1 is 1.21 bits per heavy atom. The number of rotatable bonds is 3. The molecule has 1 aromatic rings. The maximum Gasteiger partial charge on any atom is 0.119 e. The van der Waals surface area contributed by atoms with Crippen molar-refractivity contribution in [3.63, 3.8) is 0 Å². The monoisotopic (exact) mass is 192 g/mol. The summed E-state index contributed by atoms with van der Waals surface area (Å²) in [5, 5.41) is 6.73. The van der Waals surface area contributed by atoms with Crippen molar-refractivity contribution in [3.05, 3.63) is 30.3 Å². The highest BCUT2D eigenvalue weighted by molar-refractivity contribution is 5.20. The lowest BCUT2D eigenvalue weighted by molar-refractivity contribution is 0.247. The molecule has 1 aliphatic rings. The molecule has 0 amide bonds. The largest absolute Gasteiger partial charge is 0.492 e. The summed E-state index contributed by atoms with van der Waals surface area (Å²) in [6.45, 7) is 3.81. The molecule has 1 unspecified atom stereocenters. The summed E-state index contributed by atoms with van der Waals surface area (Å²) in [6.07, 6.45) is 0. The van der Waals surface area contributed by atoms with E-state index in [0.717, 1.165) is 32.0 Å². The van der Waals surface area contributed by atoms with Gasteiger partial charge in [-0.1, -0.05) is 18.2 Å². The van der Waals surface area contributed by atoms with Crippen LogP contribution >= 0.6 is 0 Å². The fourth-order valence-electron chi connectivity index (χ4n) is 1.54. The van der Waals surface area contributed by atoms with Gasteiger partial charge in [0.15, 0.2) is 0 Å². The minimum absolute atomic E-state index is 0.434. The Labute approximate surface area is 84.5 Å². The average Bonchev–Trinajstić information content (AvgIpc) is 2.29. The molecule has 3 nitrogen and oxygen atoms in total. The van der Waals surface area contributed by atoms with Crippen LogP contribution in [0.4, 0.5) is 0 Å². The Bertz CT molecular complexity index is 257. The molecule has 1 heterocycles. The number of hydrogen-bond acceptors (Lipinski definition) is 3. The first-order valence-electron chi connectivity index (χ1n) is 5.07. The summed E-state index contributed by atoms with van der Waals surface area (Å²) in [4.78, 5) is 0. The van der Waals surface area contributed by atoms with Crippen LogP contribution in [0.1, 0.15) is 0 Å². The summed E-state index contributed by atoms with van der Waals surface area (Å²) in [5.41, 5.74) is 0. The van der Waals surface area contributed by atoms with Gasteiger partial charge in [-0.2, -0.15) is 0 Å². The predicted octanol–water partition coefficient (Wildman–Crippen LogP) is 0.627. The number of piperazine rings is 1. The smallest absolute Gasteiger partial charge is 0.119 e. The molecule has 0 radical (unpaired) electrons. The van der Waals surface area contributed by atoms with Gasteiger partial charge >= 0.3 is 0 Å². The summed E-state index contributed by atoms with van der Waals surface area (Å²) in [6, 6.07) is 10.4. The van der Waals surface area contributed by atoms with E-state index in [0.29, 0.717) is 6.04 Å². The fraction of sp³-hybridized carbons (Fsp3) is 0.455. The molecule has 0 saturated carbocycles. The molecule has 2 N–H and O–H groups in total. The third-order valence-corrected chi connectivity index (χ3v) is 2.32. The van der Waals surface area contributed by atoms with Crippen molar-refractivity contribution in [3.8, 4) is 5.75 Å². The van der Waals surface area contributed by atoms with Crippen LogP contribution < -0.4 is 15.4 Å². The molecule has 1 saturated heterocycles. The van der Waals surface area contributed by atoms with Gasteiger partial charge in [0.2, 0.25) is 0 Å². The van der Waals surface area contributed by atoms with Crippen LogP contribution in [0.5, 0.6) is 5.75 Å². The van der Waals surface area contributed by atoms with Crippen molar-refractivity contribution in [2.75, 3.05) is 26.2 Å². The second kappa shape index (κ2) is 4.98. The van der Waals surface area contributed by atoms with E-state index >= 15 is 0 Å². The molecule has 3 heteroatoms. The predicted molar refractivity (Wildman–Crippen MR) is 56.6 cm³/mol. The van der Waals surface area contributed by atoms with E-state index in [1.54, 1.807) is 0 Å². The van der Waals surface area contributed by atoms with E-state index in [4.69, 9.17) is 4.74 Å². The molecule has 0 aliphatic carbocycles. The number of nitrogens with one attached hydrogen (secondary N) is 2. The summed E-state index contributed by atoms with van der Waals surface area (Å²) in [5.74, 6) is 0.944. The van der Waals surface area contributed by atoms with Gasteiger partial charge in [0.05, 0.1) is 6.04 Å². The van der Waals surface area contributed by atoms with Gasteiger partial charge in [0, 0.05) is 19.6 Å². The van der Waals surface area contributed by atoms with Crippen molar-refractivity contribution in [1.82, 2.24) is 10.6 Å². The summed E-state index contributed by atoms with van der Waals surface area (Å²) >= 11 is 0. The number of ether oxygens (including phenoxy) is 1. The van der Waals surface area contributed by atoms with E-state index in [-0.39, 0.29) is 0 Å². The fourth-order valence-corrected chi connectivity index (χ4v) is 1.54. The topological polar surface area (TPSA) is 33.3 Å². The molecule has 0 aromatic heterocycles. The molecule has 1 aliphatic heterocycles. The lowest BCUT2D eigenvalue weighted by atomic mass is 10.2. The van der Waals surface area contributed by atoms with E-state index < -0.39 is 0 Å². The van der Waals surface area contributed by atoms with E-state index in [1.807, 2.05) is 30.3 Å². The van der Waals surface area contributed by atoms with E-state index in [9.17, 15) is 0 Å². The first-order valence-corrected chi connectivity index (χ1v) is 5.07. The van der Waals surface area contributed by atoms with Crippen molar-refractivity contribution in [1.29, 1.82) is 0 Å². The molecule has 14 heavy (non-hydrogen) atoms. The van der Waals surface area contributed by atoms with Crippen LogP contribution in [-0.2, 0) is 0 Å². The SMILES string of the molecule is c1ccc(OCC2CNCCN2)cc1. The molecule has 76 valence electrons. The standard InChI is InChI=1S/C11H16N2O/c1-2-4-11(5-3-1)14-9-10-8-12-6-7-13-10/h1-5,10,12-13H,6-9H2. The Morgan fingerprint density at radius 2 is 2.07 bits per heavy atom. The zero-order valence-electron chi connectivity index (χ0n) is 8.20. The second-order valence-electron chi connectivity index (χ2n) is 3.48. The zero-order chi connectivity index (χ0) is 9.64. The van der Waals surface area contributed by atoms with Crippen molar-refractivity contribution in [2.24, 2.45) is 0 Å². The Kier molecular flexibility index (Phi) is 3.38. The van der Waals surface area contributed by atoms with Gasteiger partial charge in [-0.15, -0.1) is 0 Å². The quantitative estimate of drug-likeness (QED) is 0.737. The first kappa shape index (κ1) is 9.49. The second-order valence-corrected chi connectivity index (χ2v) is 3.48. The number of hydrogen-bond donors (Lipinski definition) is 2. The van der Waals surface area contributed by atoms with Gasteiger partial charge in [-0.05, 0) is 12.1 Å². The number of para-hydroxylation sites is 1. The molecular weight excluding hydrogens is 176 g/mol. The third kappa shape index (κ3) is 2.72. The minimum Gasteiger partial charge on any atom is -0.492 e. The van der Waals surface area contributed by atoms with Gasteiger partial charge in [0.1, 0.15) is 12.4 Å². The summed E-state index contributed by atoms with van der Waals surface area (Å²) in [7, 11) is 0. The Morgan fingerprint density at radius 3 is 2.79 bits per heavy atom. The Balaban J connectivity index is 1.76. The van der Waals surface area contributed by atoms with Gasteiger partial charge in [0.25, 0.3) is 0 Å². The molecule has 1 atom stereocenters. The van der Waals surface area contributed by atoms with Crippen molar-refractivity contribution in [2.45, 2.75) is 6.04 Å². The van der Waals surface area contributed by atoms with Gasteiger partial charge in [-0.25, -0.2) is 0 Å². The molecule has 2 rings (SSSR count). The lowest BCUT2D eigenvalue weighted by Gasteiger charge is -2.24. The average molecular weight is 192 g/mol. The number of benzene rings is 1. The molecule has 1 fully saturated rings. The van der Waals surface area contributed by atoms with Crippen LogP contribution in [-0.4, -0.2) is 32.3 Å². The molecule has 0 bridgehead atoms. The van der Waals surface area contributed by atoms with E-state index in [1.165, 1.54) is 0 Å². The van der Waals surface area contributed by atoms with Crippen LogP contribution in [0, 0.1) is 0 Å². The van der Waals surface area contributed by atoms with E-state index in [2.05, 4.69) is 10.6 Å². The maximum absolute atomic E-state index is 5.64. The van der Waals surface area contributed by atoms with Crippen LogP contribution in [0.3, 0.4) is 0 Å². The maximum atomic E-state index is 5.64. The van der Waals surface area contributed by atoms with Crippen molar-refractivity contribution >= 4 is 0 Å². The van der Waals surface area contributed by atoms with Gasteiger partial charge in [-0.3, -0.25) is 0 Å². The van der Waals surface area contributed by atoms with Gasteiger partial charge < -0.3 is 15.4 Å². The molecule has 1 aromatic carbocycles. The third-order valence-electron chi connectivity index (χ3n) is 2.32.